The van der Waals surface area contributed by atoms with Gasteiger partial charge in [-0.25, -0.2) is 8.42 Å². The van der Waals surface area contributed by atoms with E-state index >= 15 is 0 Å². The number of fused-ring (bicyclic) bond motifs is 2. The molecule has 4 amide bonds. The molecule has 2 aromatic rings. The molecular formula is C22H22N2O8S2. The lowest BCUT2D eigenvalue weighted by molar-refractivity contribution is -0.0856. The predicted molar refractivity (Wildman–Crippen MR) is 124 cm³/mol. The van der Waals surface area contributed by atoms with E-state index in [1.54, 1.807) is 48.2 Å². The highest BCUT2D eigenvalue weighted by Crippen LogP contribution is 2.23. The van der Waals surface area contributed by atoms with Crippen molar-refractivity contribution in [1.29, 1.82) is 0 Å². The van der Waals surface area contributed by atoms with Gasteiger partial charge in [0.05, 0.1) is 41.2 Å². The van der Waals surface area contributed by atoms with E-state index < -0.39 is 21.7 Å². The Balaban J connectivity index is 0.000000192. The summed E-state index contributed by atoms with van der Waals surface area (Å²) >= 11 is 1.60. The topological polar surface area (TPSA) is 127 Å². The van der Waals surface area contributed by atoms with Gasteiger partial charge < -0.3 is 0 Å². The largest absolute Gasteiger partial charge is 0.285 e. The molecule has 4 rings (SSSR count). The molecule has 0 spiro atoms. The maximum atomic E-state index is 11.8. The Bertz CT molecular complexity index is 1160. The van der Waals surface area contributed by atoms with Crippen molar-refractivity contribution in [2.24, 2.45) is 0 Å². The number of nitrogens with zero attached hydrogens (tertiary/aromatic N) is 2. The lowest BCUT2D eigenvalue weighted by Crippen LogP contribution is -2.31. The SMILES string of the molecule is CS(=O)(=O)CCON1C(=O)c2ccccc2C1=O.CSCCON1C(=O)c2ccccc2C1=O. The van der Waals surface area contributed by atoms with Gasteiger partial charge in [-0.3, -0.25) is 28.9 Å². The van der Waals surface area contributed by atoms with Gasteiger partial charge in [0.1, 0.15) is 9.84 Å². The van der Waals surface area contributed by atoms with Crippen LogP contribution >= 0.6 is 11.8 Å². The van der Waals surface area contributed by atoms with Crippen LogP contribution in [0.4, 0.5) is 0 Å². The molecule has 0 saturated heterocycles. The summed E-state index contributed by atoms with van der Waals surface area (Å²) in [7, 11) is -3.19. The van der Waals surface area contributed by atoms with E-state index in [9.17, 15) is 27.6 Å². The van der Waals surface area contributed by atoms with E-state index in [-0.39, 0.29) is 35.3 Å². The third-order valence-corrected chi connectivity index (χ3v) is 6.18. The van der Waals surface area contributed by atoms with Gasteiger partial charge in [0.2, 0.25) is 0 Å². The minimum atomic E-state index is -3.19. The van der Waals surface area contributed by atoms with Gasteiger partial charge in [-0.2, -0.15) is 11.8 Å². The Morgan fingerprint density at radius 1 is 0.706 bits per heavy atom. The molecule has 2 aromatic carbocycles. The number of thioether (sulfide) groups is 1. The molecule has 0 fully saturated rings. The predicted octanol–water partition coefficient (Wildman–Crippen LogP) is 1.84. The van der Waals surface area contributed by atoms with Gasteiger partial charge in [-0.05, 0) is 30.5 Å². The Morgan fingerprint density at radius 3 is 1.38 bits per heavy atom. The van der Waals surface area contributed by atoms with Gasteiger partial charge in [0.15, 0.2) is 0 Å². The quantitative estimate of drug-likeness (QED) is 0.389. The summed E-state index contributed by atoms with van der Waals surface area (Å²) in [4.78, 5) is 57.2. The molecule has 0 atom stereocenters. The van der Waals surface area contributed by atoms with Gasteiger partial charge in [-0.1, -0.05) is 24.3 Å². The molecule has 10 nitrogen and oxygen atoms in total. The van der Waals surface area contributed by atoms with Gasteiger partial charge in [-0.15, -0.1) is 10.1 Å². The third-order valence-electron chi connectivity index (χ3n) is 4.70. The van der Waals surface area contributed by atoms with Crippen molar-refractivity contribution in [2.45, 2.75) is 0 Å². The van der Waals surface area contributed by atoms with Crippen molar-refractivity contribution in [3.63, 3.8) is 0 Å². The van der Waals surface area contributed by atoms with Crippen molar-refractivity contribution >= 4 is 45.2 Å². The van der Waals surface area contributed by atoms with E-state index in [4.69, 9.17) is 9.68 Å². The first-order valence-electron chi connectivity index (χ1n) is 10.0. The molecule has 180 valence electrons. The van der Waals surface area contributed by atoms with Crippen molar-refractivity contribution in [2.75, 3.05) is 37.2 Å². The van der Waals surface area contributed by atoms with Crippen LogP contribution in [0.2, 0.25) is 0 Å². The Morgan fingerprint density at radius 2 is 1.06 bits per heavy atom. The smallest absolute Gasteiger partial charge is 0.266 e. The summed E-state index contributed by atoms with van der Waals surface area (Å²) in [6.07, 6.45) is 2.99. The third kappa shape index (κ3) is 5.70. The number of benzene rings is 2. The lowest BCUT2D eigenvalue weighted by atomic mass is 10.1. The summed E-state index contributed by atoms with van der Waals surface area (Å²) in [5, 5.41) is 1.46. The number of imide groups is 2. The van der Waals surface area contributed by atoms with Crippen molar-refractivity contribution in [3.05, 3.63) is 70.8 Å². The van der Waals surface area contributed by atoms with Crippen LogP contribution < -0.4 is 0 Å². The average Bonchev–Trinajstić information content (AvgIpc) is 3.20. The molecule has 0 saturated carbocycles. The first kappa shape index (κ1) is 25.6. The summed E-state index contributed by atoms with van der Waals surface area (Å²) in [6, 6.07) is 13.1. The molecule has 12 heteroatoms. The zero-order valence-electron chi connectivity index (χ0n) is 18.4. The maximum Gasteiger partial charge on any atom is 0.285 e. The first-order chi connectivity index (χ1) is 16.2. The van der Waals surface area contributed by atoms with E-state index in [1.807, 2.05) is 6.26 Å². The van der Waals surface area contributed by atoms with E-state index in [0.717, 1.165) is 17.1 Å². The second-order valence-corrected chi connectivity index (χ2v) is 10.4. The molecule has 0 N–H and O–H groups in total. The van der Waals surface area contributed by atoms with Crippen LogP contribution in [0.5, 0.6) is 0 Å². The Kier molecular flexibility index (Phi) is 8.20. The summed E-state index contributed by atoms with van der Waals surface area (Å²) in [5.74, 6) is -1.38. The van der Waals surface area contributed by atoms with Crippen LogP contribution in [0.1, 0.15) is 41.4 Å². The molecule has 0 aliphatic carbocycles. The van der Waals surface area contributed by atoms with Crippen LogP contribution in [0.25, 0.3) is 0 Å². The molecule has 0 bridgehead atoms. The zero-order chi connectivity index (χ0) is 24.9. The van der Waals surface area contributed by atoms with Crippen LogP contribution in [-0.4, -0.2) is 79.4 Å². The number of amides is 4. The molecule has 0 unspecified atom stereocenters. The summed E-state index contributed by atoms with van der Waals surface area (Å²) < 4.78 is 21.8. The fourth-order valence-corrected chi connectivity index (χ4v) is 3.68. The highest BCUT2D eigenvalue weighted by molar-refractivity contribution is 7.98. The van der Waals surface area contributed by atoms with Crippen molar-refractivity contribution in [1.82, 2.24) is 10.1 Å². The standard InChI is InChI=1S/C11H11NO5S.C11H11NO3S/c1-18(15,16)7-6-17-12-10(13)8-4-2-3-5-9(8)11(12)14;1-16-7-6-15-12-10(13)8-4-2-3-5-9(8)11(12)14/h2-5H,6-7H2,1H3;2-5H,6-7H2,1H3. The molecule has 2 heterocycles. The average molecular weight is 507 g/mol. The van der Waals surface area contributed by atoms with Crippen molar-refractivity contribution < 1.29 is 37.3 Å². The van der Waals surface area contributed by atoms with E-state index in [0.29, 0.717) is 22.8 Å². The highest BCUT2D eigenvalue weighted by Gasteiger charge is 2.37. The molecule has 2 aliphatic heterocycles. The maximum absolute atomic E-state index is 11.8. The minimum absolute atomic E-state index is 0.232. The minimum Gasteiger partial charge on any atom is -0.266 e. The van der Waals surface area contributed by atoms with Crippen LogP contribution in [0, 0.1) is 0 Å². The number of hydroxylamine groups is 4. The van der Waals surface area contributed by atoms with Crippen molar-refractivity contribution in [3.8, 4) is 0 Å². The summed E-state index contributed by atoms with van der Waals surface area (Å²) in [5.41, 5.74) is 1.36. The Labute approximate surface area is 200 Å². The number of hydrogen-bond donors (Lipinski definition) is 0. The summed E-state index contributed by atoms with van der Waals surface area (Å²) in [6.45, 7) is 0.122. The Hall–Kier alpha value is -3.06. The van der Waals surface area contributed by atoms with E-state index in [2.05, 4.69) is 0 Å². The normalized spacial score (nSPS) is 14.8. The number of rotatable bonds is 8. The first-order valence-corrected chi connectivity index (χ1v) is 13.5. The molecular weight excluding hydrogens is 484 g/mol. The van der Waals surface area contributed by atoms with E-state index in [1.165, 1.54) is 12.1 Å². The second kappa shape index (κ2) is 10.9. The van der Waals surface area contributed by atoms with Crippen LogP contribution in [0.3, 0.4) is 0 Å². The number of carbonyl (C=O) groups is 4. The van der Waals surface area contributed by atoms with Gasteiger partial charge in [0.25, 0.3) is 23.6 Å². The zero-order valence-corrected chi connectivity index (χ0v) is 20.1. The molecule has 2 aliphatic rings. The number of carbonyl (C=O) groups excluding carboxylic acids is 4. The molecule has 0 aromatic heterocycles. The molecule has 34 heavy (non-hydrogen) atoms. The fourth-order valence-electron chi connectivity index (χ4n) is 3.06. The molecule has 0 radical (unpaired) electrons. The van der Waals surface area contributed by atoms with Crippen LogP contribution in [-0.2, 0) is 19.5 Å². The van der Waals surface area contributed by atoms with Gasteiger partial charge >= 0.3 is 0 Å². The van der Waals surface area contributed by atoms with Gasteiger partial charge in [0, 0.05) is 12.0 Å². The highest BCUT2D eigenvalue weighted by atomic mass is 32.2. The monoisotopic (exact) mass is 506 g/mol. The number of hydrogen-bond acceptors (Lipinski definition) is 9. The van der Waals surface area contributed by atoms with Crippen LogP contribution in [0.15, 0.2) is 48.5 Å². The fraction of sp³-hybridized carbons (Fsp3) is 0.273. The lowest BCUT2D eigenvalue weighted by Gasteiger charge is -2.12. The second-order valence-electron chi connectivity index (χ2n) is 7.19. The number of sulfone groups is 1.